The summed E-state index contributed by atoms with van der Waals surface area (Å²) in [5, 5.41) is 8.64. The van der Waals surface area contributed by atoms with Crippen molar-refractivity contribution in [2.45, 2.75) is 83.6 Å². The number of carboxylic acid groups (broad SMARTS) is 1. The van der Waals surface area contributed by atoms with Crippen molar-refractivity contribution in [3.8, 4) is 0 Å². The van der Waals surface area contributed by atoms with E-state index in [9.17, 15) is 4.79 Å². The Bertz CT molecular complexity index is 225. The van der Waals surface area contributed by atoms with Gasteiger partial charge in [-0.05, 0) is 24.3 Å². The van der Waals surface area contributed by atoms with Crippen LogP contribution in [-0.2, 0) is 4.79 Å². The first-order valence-electron chi connectivity index (χ1n) is 8.24. The second kappa shape index (κ2) is 15.2. The molecule has 1 unspecified atom stereocenters. The Morgan fingerprint density at radius 2 is 1.45 bits per heavy atom. The average molecular weight is 304 g/mol. The minimum absolute atomic E-state index is 0.581. The molecule has 0 aliphatic rings. The molecule has 0 heterocycles. The minimum Gasteiger partial charge on any atom is -0.480 e. The fourth-order valence-corrected chi connectivity index (χ4v) is 3.16. The summed E-state index contributed by atoms with van der Waals surface area (Å²) in [5.74, 6) is 1.12. The van der Waals surface area contributed by atoms with Gasteiger partial charge in [0, 0.05) is 0 Å². The maximum absolute atomic E-state index is 10.5. The largest absolute Gasteiger partial charge is 0.480 e. The van der Waals surface area contributed by atoms with Crippen molar-refractivity contribution in [1.82, 2.24) is 0 Å². The first-order valence-corrected chi connectivity index (χ1v) is 9.40. The molecule has 0 spiro atoms. The number of unbranched alkanes of at least 4 members (excludes halogenated alkanes) is 9. The summed E-state index contributed by atoms with van der Waals surface area (Å²) in [6.07, 6.45) is 14.2. The smallest absolute Gasteiger partial charge is 0.320 e. The van der Waals surface area contributed by atoms with E-state index in [1.165, 1.54) is 64.2 Å². The monoisotopic (exact) mass is 303 g/mol. The molecule has 20 heavy (non-hydrogen) atoms. The molecular formula is C16H33NO2S. The zero-order chi connectivity index (χ0) is 15.1. The number of thioether (sulfide) groups is 1. The first kappa shape index (κ1) is 19.8. The van der Waals surface area contributed by atoms with E-state index >= 15 is 0 Å². The van der Waals surface area contributed by atoms with Gasteiger partial charge in [0.1, 0.15) is 6.04 Å². The molecule has 0 aromatic heterocycles. The fraction of sp³-hybridized carbons (Fsp3) is 0.938. The van der Waals surface area contributed by atoms with Gasteiger partial charge in [-0.1, -0.05) is 64.7 Å². The Morgan fingerprint density at radius 1 is 0.950 bits per heavy atom. The molecule has 0 fully saturated rings. The van der Waals surface area contributed by atoms with Crippen LogP contribution in [0.5, 0.6) is 0 Å². The number of aliphatic carboxylic acids is 1. The normalized spacial score (nSPS) is 12.5. The number of carbonyl (C=O) groups is 1. The molecule has 0 aliphatic carbocycles. The number of hydrogen-bond donors (Lipinski definition) is 2. The molecule has 0 saturated heterocycles. The summed E-state index contributed by atoms with van der Waals surface area (Å²) in [5.41, 5.74) is 5.44. The van der Waals surface area contributed by atoms with Crippen molar-refractivity contribution in [2.24, 2.45) is 5.73 Å². The van der Waals surface area contributed by atoms with Gasteiger partial charge < -0.3 is 10.8 Å². The zero-order valence-corrected chi connectivity index (χ0v) is 13.9. The highest BCUT2D eigenvalue weighted by atomic mass is 32.2. The van der Waals surface area contributed by atoms with E-state index in [-0.39, 0.29) is 0 Å². The number of rotatable bonds is 15. The van der Waals surface area contributed by atoms with Crippen LogP contribution in [0.2, 0.25) is 0 Å². The molecule has 0 aromatic rings. The molecular weight excluding hydrogens is 270 g/mol. The van der Waals surface area contributed by atoms with E-state index < -0.39 is 12.0 Å². The molecule has 0 rings (SSSR count). The van der Waals surface area contributed by atoms with Crippen LogP contribution in [0, 0.1) is 0 Å². The third kappa shape index (κ3) is 14.2. The molecule has 0 aliphatic heterocycles. The molecule has 120 valence electrons. The molecule has 3 nitrogen and oxygen atoms in total. The van der Waals surface area contributed by atoms with Gasteiger partial charge in [0.2, 0.25) is 0 Å². The third-order valence-electron chi connectivity index (χ3n) is 3.53. The molecule has 1 atom stereocenters. The summed E-state index contributed by atoms with van der Waals surface area (Å²) >= 11 is 1.83. The van der Waals surface area contributed by atoms with Crippen LogP contribution in [-0.4, -0.2) is 28.6 Å². The highest BCUT2D eigenvalue weighted by Gasteiger charge is 2.09. The Balaban J connectivity index is 3.04. The molecule has 0 amide bonds. The van der Waals surface area contributed by atoms with Crippen LogP contribution < -0.4 is 5.73 Å². The lowest BCUT2D eigenvalue weighted by Crippen LogP contribution is -2.30. The summed E-state index contributed by atoms with van der Waals surface area (Å²) in [6.45, 7) is 2.26. The molecule has 4 heteroatoms. The quantitative estimate of drug-likeness (QED) is 0.439. The van der Waals surface area contributed by atoms with E-state index in [1.807, 2.05) is 11.8 Å². The zero-order valence-electron chi connectivity index (χ0n) is 13.1. The minimum atomic E-state index is -0.885. The lowest BCUT2D eigenvalue weighted by atomic mass is 10.1. The van der Waals surface area contributed by atoms with Crippen molar-refractivity contribution in [3.63, 3.8) is 0 Å². The summed E-state index contributed by atoms with van der Waals surface area (Å²) in [6, 6.07) is -0.685. The lowest BCUT2D eigenvalue weighted by Gasteiger charge is -2.06. The van der Waals surface area contributed by atoms with E-state index in [2.05, 4.69) is 6.92 Å². The van der Waals surface area contributed by atoms with E-state index in [0.29, 0.717) is 6.42 Å². The topological polar surface area (TPSA) is 63.3 Å². The highest BCUT2D eigenvalue weighted by Crippen LogP contribution is 2.13. The van der Waals surface area contributed by atoms with Crippen LogP contribution in [0.3, 0.4) is 0 Å². The lowest BCUT2D eigenvalue weighted by molar-refractivity contribution is -0.138. The third-order valence-corrected chi connectivity index (χ3v) is 4.63. The van der Waals surface area contributed by atoms with Crippen LogP contribution in [0.4, 0.5) is 0 Å². The van der Waals surface area contributed by atoms with Crippen LogP contribution >= 0.6 is 11.8 Å². The van der Waals surface area contributed by atoms with Crippen LogP contribution in [0.15, 0.2) is 0 Å². The standard InChI is InChI=1S/C16H33NO2S/c1-2-3-4-5-6-7-8-9-10-11-13-20-14-12-15(17)16(18)19/h15H,2-14,17H2,1H3,(H,18,19). The second-order valence-electron chi connectivity index (χ2n) is 5.53. The predicted octanol–water partition coefficient (Wildman–Crippen LogP) is 4.44. The van der Waals surface area contributed by atoms with E-state index in [4.69, 9.17) is 10.8 Å². The van der Waals surface area contributed by atoms with Gasteiger partial charge in [-0.2, -0.15) is 11.8 Å². The SMILES string of the molecule is CCCCCCCCCCCCSCCC(N)C(=O)O. The van der Waals surface area contributed by atoms with Gasteiger partial charge in [0.25, 0.3) is 0 Å². The van der Waals surface area contributed by atoms with Crippen molar-refractivity contribution in [3.05, 3.63) is 0 Å². The molecule has 0 saturated carbocycles. The van der Waals surface area contributed by atoms with Crippen LogP contribution in [0.1, 0.15) is 77.6 Å². The Labute approximate surface area is 129 Å². The highest BCUT2D eigenvalue weighted by molar-refractivity contribution is 7.99. The van der Waals surface area contributed by atoms with Gasteiger partial charge >= 0.3 is 5.97 Å². The Morgan fingerprint density at radius 3 is 1.95 bits per heavy atom. The maximum Gasteiger partial charge on any atom is 0.320 e. The molecule has 3 N–H and O–H groups in total. The average Bonchev–Trinajstić information content (AvgIpc) is 2.43. The van der Waals surface area contributed by atoms with Gasteiger partial charge in [0.15, 0.2) is 0 Å². The predicted molar refractivity (Wildman–Crippen MR) is 89.4 cm³/mol. The first-order chi connectivity index (χ1) is 9.68. The molecule has 0 bridgehead atoms. The van der Waals surface area contributed by atoms with Crippen LogP contribution in [0.25, 0.3) is 0 Å². The second-order valence-corrected chi connectivity index (χ2v) is 6.75. The maximum atomic E-state index is 10.5. The number of carboxylic acids is 1. The number of hydrogen-bond acceptors (Lipinski definition) is 3. The Kier molecular flexibility index (Phi) is 15.0. The summed E-state index contributed by atoms with van der Waals surface area (Å²) in [4.78, 5) is 10.5. The number of nitrogens with two attached hydrogens (primary N) is 1. The van der Waals surface area contributed by atoms with Gasteiger partial charge in [-0.15, -0.1) is 0 Å². The van der Waals surface area contributed by atoms with E-state index in [0.717, 1.165) is 11.5 Å². The fourth-order valence-electron chi connectivity index (χ4n) is 2.13. The summed E-state index contributed by atoms with van der Waals surface area (Å²) < 4.78 is 0. The van der Waals surface area contributed by atoms with Crippen molar-refractivity contribution in [2.75, 3.05) is 11.5 Å². The van der Waals surface area contributed by atoms with E-state index in [1.54, 1.807) is 0 Å². The van der Waals surface area contributed by atoms with Crippen molar-refractivity contribution in [1.29, 1.82) is 0 Å². The van der Waals surface area contributed by atoms with Gasteiger partial charge in [-0.3, -0.25) is 4.79 Å². The van der Waals surface area contributed by atoms with Gasteiger partial charge in [0.05, 0.1) is 0 Å². The summed E-state index contributed by atoms with van der Waals surface area (Å²) in [7, 11) is 0. The Hall–Kier alpha value is -0.220. The van der Waals surface area contributed by atoms with Crippen molar-refractivity contribution < 1.29 is 9.90 Å². The molecule has 0 radical (unpaired) electrons. The van der Waals surface area contributed by atoms with Crippen molar-refractivity contribution >= 4 is 17.7 Å². The van der Waals surface area contributed by atoms with Gasteiger partial charge in [-0.25, -0.2) is 0 Å². The molecule has 0 aromatic carbocycles.